The molecule has 2 rings (SSSR count). The highest BCUT2D eigenvalue weighted by Gasteiger charge is 2.14. The van der Waals surface area contributed by atoms with Gasteiger partial charge in [-0.3, -0.25) is 0 Å². The standard InChI is InChI=1S/C12H15N3O/c1-9-4-5-12(15-11(9)7-13)14-10-3-2-6-16-8-10/h4-5,10H,2-3,6,8H2,1H3,(H,14,15). The Balaban J connectivity index is 2.06. The van der Waals surface area contributed by atoms with Crippen molar-refractivity contribution in [1.29, 1.82) is 5.26 Å². The highest BCUT2D eigenvalue weighted by atomic mass is 16.5. The van der Waals surface area contributed by atoms with Crippen LogP contribution in [-0.2, 0) is 4.74 Å². The maximum atomic E-state index is 8.88. The summed E-state index contributed by atoms with van der Waals surface area (Å²) in [5.74, 6) is 0.762. The quantitative estimate of drug-likeness (QED) is 0.821. The van der Waals surface area contributed by atoms with Crippen molar-refractivity contribution >= 4 is 5.82 Å². The molecule has 1 fully saturated rings. The average Bonchev–Trinajstić information content (AvgIpc) is 2.33. The zero-order chi connectivity index (χ0) is 11.4. The van der Waals surface area contributed by atoms with Gasteiger partial charge in [0.2, 0.25) is 0 Å². The summed E-state index contributed by atoms with van der Waals surface area (Å²) in [6.45, 7) is 3.46. The minimum absolute atomic E-state index is 0.315. The van der Waals surface area contributed by atoms with Gasteiger partial charge in [0.25, 0.3) is 0 Å². The van der Waals surface area contributed by atoms with Crippen LogP contribution in [0.2, 0.25) is 0 Å². The Hall–Kier alpha value is -1.60. The summed E-state index contributed by atoms with van der Waals surface area (Å²) in [5.41, 5.74) is 1.40. The first-order valence-corrected chi connectivity index (χ1v) is 5.51. The van der Waals surface area contributed by atoms with E-state index in [-0.39, 0.29) is 0 Å². The van der Waals surface area contributed by atoms with Crippen molar-refractivity contribution in [3.05, 3.63) is 23.4 Å². The molecule has 2 heterocycles. The second kappa shape index (κ2) is 4.95. The van der Waals surface area contributed by atoms with Gasteiger partial charge in [-0.2, -0.15) is 5.26 Å². The van der Waals surface area contributed by atoms with Gasteiger partial charge in [-0.25, -0.2) is 4.98 Å². The van der Waals surface area contributed by atoms with E-state index >= 15 is 0 Å². The van der Waals surface area contributed by atoms with Crippen molar-refractivity contribution in [3.63, 3.8) is 0 Å². The van der Waals surface area contributed by atoms with E-state index in [4.69, 9.17) is 10.00 Å². The Morgan fingerprint density at radius 3 is 3.12 bits per heavy atom. The van der Waals surface area contributed by atoms with E-state index < -0.39 is 0 Å². The number of nitriles is 1. The van der Waals surface area contributed by atoms with Crippen LogP contribution < -0.4 is 5.32 Å². The average molecular weight is 217 g/mol. The van der Waals surface area contributed by atoms with Gasteiger partial charge in [0.05, 0.1) is 12.6 Å². The van der Waals surface area contributed by atoms with Gasteiger partial charge in [-0.05, 0) is 31.4 Å². The SMILES string of the molecule is Cc1ccc(NC2CCCOC2)nc1C#N. The maximum absolute atomic E-state index is 8.88. The molecular formula is C12H15N3O. The Kier molecular flexibility index (Phi) is 3.37. The molecule has 4 nitrogen and oxygen atoms in total. The predicted octanol–water partition coefficient (Wildman–Crippen LogP) is 1.85. The first-order valence-electron chi connectivity index (χ1n) is 5.51. The Bertz CT molecular complexity index is 405. The molecule has 1 unspecified atom stereocenters. The summed E-state index contributed by atoms with van der Waals surface area (Å²) in [4.78, 5) is 4.26. The molecule has 1 N–H and O–H groups in total. The predicted molar refractivity (Wildman–Crippen MR) is 61.2 cm³/mol. The van der Waals surface area contributed by atoms with Crippen LogP contribution in [0.15, 0.2) is 12.1 Å². The molecule has 4 heteroatoms. The fourth-order valence-corrected chi connectivity index (χ4v) is 1.79. The lowest BCUT2D eigenvalue weighted by atomic mass is 10.1. The van der Waals surface area contributed by atoms with Crippen LogP contribution in [0.5, 0.6) is 0 Å². The molecule has 1 atom stereocenters. The number of aryl methyl sites for hydroxylation is 1. The van der Waals surface area contributed by atoms with Crippen LogP contribution >= 0.6 is 0 Å². The van der Waals surface area contributed by atoms with Crippen LogP contribution in [0, 0.1) is 18.3 Å². The summed E-state index contributed by atoms with van der Waals surface area (Å²) >= 11 is 0. The molecular weight excluding hydrogens is 202 g/mol. The second-order valence-electron chi connectivity index (χ2n) is 4.03. The van der Waals surface area contributed by atoms with Crippen molar-refractivity contribution in [2.45, 2.75) is 25.8 Å². The molecule has 0 aromatic carbocycles. The van der Waals surface area contributed by atoms with Crippen LogP contribution in [0.1, 0.15) is 24.1 Å². The minimum Gasteiger partial charge on any atom is -0.379 e. The van der Waals surface area contributed by atoms with Crippen molar-refractivity contribution in [3.8, 4) is 6.07 Å². The normalized spacial score (nSPS) is 20.1. The molecule has 1 aromatic rings. The smallest absolute Gasteiger partial charge is 0.145 e. The largest absolute Gasteiger partial charge is 0.379 e. The molecule has 0 amide bonds. The summed E-state index contributed by atoms with van der Waals surface area (Å²) < 4.78 is 5.38. The molecule has 1 aliphatic heterocycles. The Morgan fingerprint density at radius 1 is 1.56 bits per heavy atom. The number of rotatable bonds is 2. The zero-order valence-corrected chi connectivity index (χ0v) is 9.36. The number of aromatic nitrogens is 1. The lowest BCUT2D eigenvalue weighted by Crippen LogP contribution is -2.30. The lowest BCUT2D eigenvalue weighted by Gasteiger charge is -2.23. The molecule has 84 valence electrons. The molecule has 1 aliphatic rings. The first-order chi connectivity index (χ1) is 7.79. The third kappa shape index (κ3) is 2.50. The molecule has 0 spiro atoms. The third-order valence-electron chi connectivity index (χ3n) is 2.72. The molecule has 0 radical (unpaired) electrons. The molecule has 1 saturated heterocycles. The van der Waals surface area contributed by atoms with Crippen molar-refractivity contribution in [2.75, 3.05) is 18.5 Å². The Morgan fingerprint density at radius 2 is 2.44 bits per heavy atom. The molecule has 0 saturated carbocycles. The fourth-order valence-electron chi connectivity index (χ4n) is 1.79. The topological polar surface area (TPSA) is 57.9 Å². The number of nitrogens with one attached hydrogen (secondary N) is 1. The van der Waals surface area contributed by atoms with E-state index in [1.807, 2.05) is 19.1 Å². The van der Waals surface area contributed by atoms with E-state index in [9.17, 15) is 0 Å². The van der Waals surface area contributed by atoms with Gasteiger partial charge in [0, 0.05) is 6.61 Å². The maximum Gasteiger partial charge on any atom is 0.145 e. The minimum atomic E-state index is 0.315. The van der Waals surface area contributed by atoms with E-state index in [0.29, 0.717) is 11.7 Å². The van der Waals surface area contributed by atoms with Crippen molar-refractivity contribution in [2.24, 2.45) is 0 Å². The molecule has 1 aromatic heterocycles. The lowest BCUT2D eigenvalue weighted by molar-refractivity contribution is 0.0875. The number of hydrogen-bond donors (Lipinski definition) is 1. The van der Waals surface area contributed by atoms with Gasteiger partial charge in [0.1, 0.15) is 17.6 Å². The fraction of sp³-hybridized carbons (Fsp3) is 0.500. The van der Waals surface area contributed by atoms with E-state index in [1.165, 1.54) is 0 Å². The Labute approximate surface area is 95.3 Å². The first kappa shape index (κ1) is 10.9. The molecule has 16 heavy (non-hydrogen) atoms. The number of pyridine rings is 1. The number of nitrogens with zero attached hydrogens (tertiary/aromatic N) is 2. The van der Waals surface area contributed by atoms with Gasteiger partial charge < -0.3 is 10.1 Å². The highest BCUT2D eigenvalue weighted by molar-refractivity contribution is 5.43. The summed E-state index contributed by atoms with van der Waals surface area (Å²) in [6.07, 6.45) is 2.17. The van der Waals surface area contributed by atoms with E-state index in [1.54, 1.807) is 0 Å². The molecule has 0 bridgehead atoms. The van der Waals surface area contributed by atoms with E-state index in [2.05, 4.69) is 16.4 Å². The highest BCUT2D eigenvalue weighted by Crippen LogP contribution is 2.14. The van der Waals surface area contributed by atoms with Gasteiger partial charge in [-0.1, -0.05) is 6.07 Å². The van der Waals surface area contributed by atoms with Crippen LogP contribution in [0.4, 0.5) is 5.82 Å². The van der Waals surface area contributed by atoms with Gasteiger partial charge in [-0.15, -0.1) is 0 Å². The summed E-state index contributed by atoms with van der Waals surface area (Å²) in [6, 6.07) is 6.23. The van der Waals surface area contributed by atoms with Crippen LogP contribution in [0.3, 0.4) is 0 Å². The monoisotopic (exact) mass is 217 g/mol. The van der Waals surface area contributed by atoms with E-state index in [0.717, 1.165) is 37.4 Å². The van der Waals surface area contributed by atoms with Crippen LogP contribution in [-0.4, -0.2) is 24.2 Å². The third-order valence-corrected chi connectivity index (χ3v) is 2.72. The molecule has 0 aliphatic carbocycles. The number of ether oxygens (including phenoxy) is 1. The van der Waals surface area contributed by atoms with Gasteiger partial charge in [0.15, 0.2) is 0 Å². The van der Waals surface area contributed by atoms with Crippen molar-refractivity contribution in [1.82, 2.24) is 4.98 Å². The van der Waals surface area contributed by atoms with Crippen molar-refractivity contribution < 1.29 is 4.74 Å². The number of anilines is 1. The van der Waals surface area contributed by atoms with Gasteiger partial charge >= 0.3 is 0 Å². The summed E-state index contributed by atoms with van der Waals surface area (Å²) in [7, 11) is 0. The zero-order valence-electron chi connectivity index (χ0n) is 9.36. The summed E-state index contributed by atoms with van der Waals surface area (Å²) in [5, 5.41) is 12.2. The van der Waals surface area contributed by atoms with Crippen LogP contribution in [0.25, 0.3) is 0 Å². The number of hydrogen-bond acceptors (Lipinski definition) is 4. The second-order valence-corrected chi connectivity index (χ2v) is 4.03.